The van der Waals surface area contributed by atoms with Crippen molar-refractivity contribution in [3.8, 4) is 0 Å². The molecule has 2 aliphatic rings. The zero-order valence-electron chi connectivity index (χ0n) is 13.0. The van der Waals surface area contributed by atoms with Crippen molar-refractivity contribution in [2.24, 2.45) is 0 Å². The van der Waals surface area contributed by atoms with Gasteiger partial charge in [0.15, 0.2) is 0 Å². The molecule has 1 amide bonds. The molecule has 118 valence electrons. The zero-order chi connectivity index (χ0) is 15.4. The molecule has 3 rings (SSSR count). The molecule has 0 aliphatic carbocycles. The summed E-state index contributed by atoms with van der Waals surface area (Å²) in [4.78, 5) is 28.9. The van der Waals surface area contributed by atoms with E-state index in [2.05, 4.69) is 4.90 Å². The van der Waals surface area contributed by atoms with Gasteiger partial charge in [0.25, 0.3) is 5.91 Å². The zero-order valence-corrected chi connectivity index (χ0v) is 13.0. The van der Waals surface area contributed by atoms with E-state index in [1.54, 1.807) is 4.90 Å². The molecule has 4 nitrogen and oxygen atoms in total. The van der Waals surface area contributed by atoms with Gasteiger partial charge in [-0.15, -0.1) is 0 Å². The molecule has 1 aromatic rings. The van der Waals surface area contributed by atoms with E-state index in [1.807, 2.05) is 30.3 Å². The van der Waals surface area contributed by atoms with Crippen LogP contribution in [0.25, 0.3) is 0 Å². The molecule has 2 saturated heterocycles. The van der Waals surface area contributed by atoms with E-state index in [0.717, 1.165) is 44.6 Å². The molecule has 2 heterocycles. The second-order valence-electron chi connectivity index (χ2n) is 6.35. The normalized spacial score (nSPS) is 22.2. The second kappa shape index (κ2) is 7.05. The Balaban J connectivity index is 1.54. The Bertz CT molecular complexity index is 529. The number of benzene rings is 1. The lowest BCUT2D eigenvalue weighted by Gasteiger charge is -2.25. The molecule has 1 atom stereocenters. The average molecular weight is 300 g/mol. The summed E-state index contributed by atoms with van der Waals surface area (Å²) in [5.74, 6) is -0.514. The maximum Gasteiger partial charge on any atom is 0.289 e. The topological polar surface area (TPSA) is 40.6 Å². The number of Topliss-reactive ketones (excluding diaryl/α,β-unsaturated/α-hetero) is 1. The first-order chi connectivity index (χ1) is 10.7. The highest BCUT2D eigenvalue weighted by atomic mass is 16.2. The van der Waals surface area contributed by atoms with Gasteiger partial charge in [-0.05, 0) is 37.8 Å². The Hall–Kier alpha value is -1.68. The number of rotatable bonds is 4. The minimum absolute atomic E-state index is 0.240. The number of carbonyl (C=O) groups is 2. The Morgan fingerprint density at radius 1 is 1.05 bits per heavy atom. The van der Waals surface area contributed by atoms with Gasteiger partial charge in [0.1, 0.15) is 0 Å². The van der Waals surface area contributed by atoms with Gasteiger partial charge in [-0.3, -0.25) is 14.5 Å². The van der Waals surface area contributed by atoms with Gasteiger partial charge in [-0.2, -0.15) is 0 Å². The molecule has 0 unspecified atom stereocenters. The third-order valence-electron chi connectivity index (χ3n) is 4.81. The minimum Gasteiger partial charge on any atom is -0.335 e. The summed E-state index contributed by atoms with van der Waals surface area (Å²) >= 11 is 0. The lowest BCUT2D eigenvalue weighted by Crippen LogP contribution is -2.42. The Kier molecular flexibility index (Phi) is 4.88. The van der Waals surface area contributed by atoms with E-state index < -0.39 is 0 Å². The first-order valence-electron chi connectivity index (χ1n) is 8.34. The van der Waals surface area contributed by atoms with Crippen LogP contribution in [-0.4, -0.2) is 53.7 Å². The molecule has 0 saturated carbocycles. The van der Waals surface area contributed by atoms with Crippen molar-refractivity contribution in [1.29, 1.82) is 0 Å². The number of hydrogen-bond donors (Lipinski definition) is 0. The van der Waals surface area contributed by atoms with Gasteiger partial charge in [-0.25, -0.2) is 0 Å². The second-order valence-corrected chi connectivity index (χ2v) is 6.35. The summed E-state index contributed by atoms with van der Waals surface area (Å²) in [6.07, 6.45) is 4.31. The highest BCUT2D eigenvalue weighted by molar-refractivity contribution is 6.36. The number of hydrogen-bond acceptors (Lipinski definition) is 3. The highest BCUT2D eigenvalue weighted by Crippen LogP contribution is 2.21. The predicted octanol–water partition coefficient (Wildman–Crippen LogP) is 1.89. The number of aryl methyl sites for hydroxylation is 1. The molecule has 0 N–H and O–H groups in total. The smallest absolute Gasteiger partial charge is 0.289 e. The summed E-state index contributed by atoms with van der Waals surface area (Å²) in [5.41, 5.74) is 1.11. The molecular weight excluding hydrogens is 276 g/mol. The number of amides is 1. The lowest BCUT2D eigenvalue weighted by atomic mass is 10.1. The van der Waals surface area contributed by atoms with E-state index in [0.29, 0.717) is 18.9 Å². The number of nitrogens with zero attached hydrogens (tertiary/aromatic N) is 2. The van der Waals surface area contributed by atoms with Gasteiger partial charge in [0.2, 0.25) is 5.78 Å². The van der Waals surface area contributed by atoms with E-state index >= 15 is 0 Å². The SMILES string of the molecule is O=C(CCc1ccccc1)C(=O)N1CCCN2CCC[C@H]2C1. The predicted molar refractivity (Wildman–Crippen MR) is 85.6 cm³/mol. The number of ketones is 1. The van der Waals surface area contributed by atoms with Gasteiger partial charge in [-0.1, -0.05) is 30.3 Å². The molecule has 0 bridgehead atoms. The van der Waals surface area contributed by atoms with E-state index in [-0.39, 0.29) is 11.7 Å². The maximum atomic E-state index is 12.4. The van der Waals surface area contributed by atoms with Crippen LogP contribution in [0.2, 0.25) is 0 Å². The van der Waals surface area contributed by atoms with Gasteiger partial charge in [0, 0.05) is 32.1 Å². The first-order valence-corrected chi connectivity index (χ1v) is 8.34. The standard InChI is InChI=1S/C18H24N2O2/c21-17(10-9-15-6-2-1-3-7-15)18(22)20-13-5-12-19-11-4-8-16(19)14-20/h1-3,6-7,16H,4-5,8-14H2/t16-/m0/s1. The van der Waals surface area contributed by atoms with Crippen molar-refractivity contribution in [3.05, 3.63) is 35.9 Å². The van der Waals surface area contributed by atoms with Crippen molar-refractivity contribution in [3.63, 3.8) is 0 Å². The summed E-state index contributed by atoms with van der Waals surface area (Å²) in [6, 6.07) is 10.4. The largest absolute Gasteiger partial charge is 0.335 e. The molecule has 22 heavy (non-hydrogen) atoms. The van der Waals surface area contributed by atoms with Crippen molar-refractivity contribution in [1.82, 2.24) is 9.80 Å². The molecule has 4 heteroatoms. The Morgan fingerprint density at radius 2 is 1.82 bits per heavy atom. The van der Waals surface area contributed by atoms with Gasteiger partial charge < -0.3 is 4.90 Å². The molecule has 0 radical (unpaired) electrons. The monoisotopic (exact) mass is 300 g/mol. The van der Waals surface area contributed by atoms with Crippen molar-refractivity contribution in [2.75, 3.05) is 26.2 Å². The third-order valence-corrected chi connectivity index (χ3v) is 4.81. The van der Waals surface area contributed by atoms with Crippen LogP contribution >= 0.6 is 0 Å². The van der Waals surface area contributed by atoms with E-state index in [4.69, 9.17) is 0 Å². The van der Waals surface area contributed by atoms with Gasteiger partial charge >= 0.3 is 0 Å². The molecule has 1 aromatic carbocycles. The molecule has 0 aromatic heterocycles. The molecular formula is C18H24N2O2. The molecule has 2 aliphatic heterocycles. The number of fused-ring (bicyclic) bond motifs is 1. The Labute approximate surface area is 132 Å². The van der Waals surface area contributed by atoms with Crippen LogP contribution in [0.3, 0.4) is 0 Å². The first kappa shape index (κ1) is 15.2. The fraction of sp³-hybridized carbons (Fsp3) is 0.556. The van der Waals surface area contributed by atoms with Crippen LogP contribution < -0.4 is 0 Å². The van der Waals surface area contributed by atoms with Gasteiger partial charge in [0.05, 0.1) is 0 Å². The lowest BCUT2D eigenvalue weighted by molar-refractivity contribution is -0.144. The minimum atomic E-state index is -0.273. The fourth-order valence-corrected chi connectivity index (χ4v) is 3.58. The van der Waals surface area contributed by atoms with E-state index in [9.17, 15) is 9.59 Å². The van der Waals surface area contributed by atoms with Crippen LogP contribution in [-0.2, 0) is 16.0 Å². The maximum absolute atomic E-state index is 12.4. The van der Waals surface area contributed by atoms with Crippen molar-refractivity contribution >= 4 is 11.7 Å². The van der Waals surface area contributed by atoms with E-state index in [1.165, 1.54) is 6.42 Å². The Morgan fingerprint density at radius 3 is 2.64 bits per heavy atom. The quantitative estimate of drug-likeness (QED) is 0.797. The summed E-state index contributed by atoms with van der Waals surface area (Å²) in [5, 5.41) is 0. The highest BCUT2D eigenvalue weighted by Gasteiger charge is 2.32. The van der Waals surface area contributed by atoms with Crippen molar-refractivity contribution in [2.45, 2.75) is 38.1 Å². The van der Waals surface area contributed by atoms with Crippen LogP contribution in [0, 0.1) is 0 Å². The summed E-state index contributed by atoms with van der Waals surface area (Å²) in [7, 11) is 0. The summed E-state index contributed by atoms with van der Waals surface area (Å²) in [6.45, 7) is 3.67. The molecule has 0 spiro atoms. The van der Waals surface area contributed by atoms with Crippen LogP contribution in [0.4, 0.5) is 0 Å². The molecule has 2 fully saturated rings. The summed E-state index contributed by atoms with van der Waals surface area (Å²) < 4.78 is 0. The average Bonchev–Trinajstić information content (AvgIpc) is 2.90. The fourth-order valence-electron chi connectivity index (χ4n) is 3.58. The van der Waals surface area contributed by atoms with Crippen LogP contribution in [0.5, 0.6) is 0 Å². The van der Waals surface area contributed by atoms with Crippen molar-refractivity contribution < 1.29 is 9.59 Å². The van der Waals surface area contributed by atoms with Crippen LogP contribution in [0.15, 0.2) is 30.3 Å². The third kappa shape index (κ3) is 3.55. The number of carbonyl (C=O) groups excluding carboxylic acids is 2. The van der Waals surface area contributed by atoms with Crippen LogP contribution in [0.1, 0.15) is 31.2 Å².